The van der Waals surface area contributed by atoms with Crippen molar-refractivity contribution in [2.75, 3.05) is 31.5 Å². The number of nitrogens with zero attached hydrogens (tertiary/aromatic N) is 2. The van der Waals surface area contributed by atoms with Gasteiger partial charge in [-0.05, 0) is 66.9 Å². The van der Waals surface area contributed by atoms with E-state index in [0.717, 1.165) is 57.0 Å². The highest BCUT2D eigenvalue weighted by molar-refractivity contribution is 5.91. The first-order valence-corrected chi connectivity index (χ1v) is 13.5. The van der Waals surface area contributed by atoms with Gasteiger partial charge in [0, 0.05) is 38.3 Å². The Balaban J connectivity index is 1.18. The molecular weight excluding hydrogens is 492 g/mol. The summed E-state index contributed by atoms with van der Waals surface area (Å²) in [6.45, 7) is 6.49. The topological polar surface area (TPSA) is 108 Å². The van der Waals surface area contributed by atoms with Crippen molar-refractivity contribution in [1.82, 2.24) is 9.80 Å². The van der Waals surface area contributed by atoms with Crippen molar-refractivity contribution in [2.45, 2.75) is 45.0 Å². The zero-order chi connectivity index (χ0) is 27.5. The highest BCUT2D eigenvalue weighted by Gasteiger charge is 2.16. The van der Waals surface area contributed by atoms with Crippen LogP contribution in [0.2, 0.25) is 0 Å². The number of nitrogens with two attached hydrogens (primary N) is 1. The molecule has 0 aromatic heterocycles. The molecule has 0 radical (unpaired) electrons. The number of hydrogen-bond acceptors (Lipinski definition) is 6. The van der Waals surface area contributed by atoms with Gasteiger partial charge in [0.1, 0.15) is 18.4 Å². The Morgan fingerprint density at radius 3 is 2.00 bits per heavy atom. The van der Waals surface area contributed by atoms with Crippen molar-refractivity contribution in [3.05, 3.63) is 95.6 Å². The molecule has 1 unspecified atom stereocenters. The fourth-order valence-electron chi connectivity index (χ4n) is 4.62. The van der Waals surface area contributed by atoms with Crippen LogP contribution in [0.25, 0.3) is 0 Å². The molecule has 1 saturated heterocycles. The summed E-state index contributed by atoms with van der Waals surface area (Å²) in [5.74, 6) is -0.443. The van der Waals surface area contributed by atoms with Gasteiger partial charge in [-0.2, -0.15) is 0 Å². The minimum atomic E-state index is -1.09. The lowest BCUT2D eigenvalue weighted by Crippen LogP contribution is -2.31. The van der Waals surface area contributed by atoms with E-state index in [1.54, 1.807) is 0 Å². The van der Waals surface area contributed by atoms with E-state index in [1.165, 1.54) is 11.1 Å². The molecular formula is C31H38N4O4. The number of hydrogen-bond donors (Lipinski definition) is 3. The molecule has 8 nitrogen and oxygen atoms in total. The van der Waals surface area contributed by atoms with E-state index in [4.69, 9.17) is 15.6 Å². The predicted molar refractivity (Wildman–Crippen MR) is 152 cm³/mol. The molecule has 39 heavy (non-hydrogen) atoms. The molecule has 4 rings (SSSR count). The van der Waals surface area contributed by atoms with Gasteiger partial charge < -0.3 is 20.9 Å². The molecule has 1 aliphatic rings. The lowest BCUT2D eigenvalue weighted by atomic mass is 10.1. The molecule has 0 saturated carbocycles. The van der Waals surface area contributed by atoms with Crippen LogP contribution in [-0.4, -0.2) is 59.0 Å². The Kier molecular flexibility index (Phi) is 10.5. The van der Waals surface area contributed by atoms with Crippen molar-refractivity contribution in [3.63, 3.8) is 0 Å². The van der Waals surface area contributed by atoms with E-state index < -0.39 is 12.0 Å². The number of carbonyl (C=O) groups is 2. The predicted octanol–water partition coefficient (Wildman–Crippen LogP) is 4.10. The standard InChI is InChI=1S/C31H38N4O4/c32-29(31(37)38)15-16-30(36)33-27-11-7-24(8-12-27)21-34-17-4-18-35(20-19-34)22-25-9-13-28(14-10-25)39-23-26-5-2-1-3-6-26/h1-3,5-14,29H,4,15-23,32H2,(H,33,36)(H,37,38). The Hall–Kier alpha value is -3.72. The number of benzene rings is 3. The van der Waals surface area contributed by atoms with Gasteiger partial charge in [-0.3, -0.25) is 19.4 Å². The second-order valence-electron chi connectivity index (χ2n) is 10.1. The van der Waals surface area contributed by atoms with E-state index >= 15 is 0 Å². The van der Waals surface area contributed by atoms with E-state index in [2.05, 4.69) is 51.5 Å². The SMILES string of the molecule is NC(CCC(=O)Nc1ccc(CN2CCCN(Cc3ccc(OCc4ccccc4)cc3)CC2)cc1)C(=O)O. The Morgan fingerprint density at radius 1 is 0.821 bits per heavy atom. The number of carboxylic acid groups (broad SMARTS) is 1. The summed E-state index contributed by atoms with van der Waals surface area (Å²) in [5, 5.41) is 11.6. The molecule has 1 amide bonds. The van der Waals surface area contributed by atoms with E-state index in [1.807, 2.05) is 42.5 Å². The third-order valence-electron chi connectivity index (χ3n) is 6.90. The van der Waals surface area contributed by atoms with Gasteiger partial charge in [0.15, 0.2) is 0 Å². The fourth-order valence-corrected chi connectivity index (χ4v) is 4.62. The molecule has 3 aromatic rings. The van der Waals surface area contributed by atoms with Crippen molar-refractivity contribution in [3.8, 4) is 5.75 Å². The molecule has 8 heteroatoms. The third kappa shape index (κ3) is 9.51. The second kappa shape index (κ2) is 14.4. The van der Waals surface area contributed by atoms with Gasteiger partial charge in [-0.25, -0.2) is 0 Å². The molecule has 206 valence electrons. The first-order valence-electron chi connectivity index (χ1n) is 13.5. The van der Waals surface area contributed by atoms with Crippen LogP contribution in [0.5, 0.6) is 5.75 Å². The smallest absolute Gasteiger partial charge is 0.320 e. The van der Waals surface area contributed by atoms with Gasteiger partial charge in [0.2, 0.25) is 5.91 Å². The van der Waals surface area contributed by atoms with Crippen molar-refractivity contribution >= 4 is 17.6 Å². The number of carbonyl (C=O) groups excluding carboxylic acids is 1. The summed E-state index contributed by atoms with van der Waals surface area (Å²) >= 11 is 0. The zero-order valence-electron chi connectivity index (χ0n) is 22.3. The Morgan fingerprint density at radius 2 is 1.41 bits per heavy atom. The van der Waals surface area contributed by atoms with Gasteiger partial charge in [0.05, 0.1) is 0 Å². The molecule has 1 aliphatic heterocycles. The van der Waals surface area contributed by atoms with E-state index in [-0.39, 0.29) is 18.7 Å². The molecule has 0 aliphatic carbocycles. The summed E-state index contributed by atoms with van der Waals surface area (Å²) in [6, 6.07) is 25.4. The maximum absolute atomic E-state index is 12.1. The molecule has 1 atom stereocenters. The van der Waals surface area contributed by atoms with Crippen LogP contribution >= 0.6 is 0 Å². The summed E-state index contributed by atoms with van der Waals surface area (Å²) in [7, 11) is 0. The highest BCUT2D eigenvalue weighted by Crippen LogP contribution is 2.18. The molecule has 0 bridgehead atoms. The van der Waals surface area contributed by atoms with Crippen LogP contribution in [0.15, 0.2) is 78.9 Å². The number of anilines is 1. The van der Waals surface area contributed by atoms with Crippen LogP contribution in [0.4, 0.5) is 5.69 Å². The maximum Gasteiger partial charge on any atom is 0.320 e. The minimum Gasteiger partial charge on any atom is -0.489 e. The van der Waals surface area contributed by atoms with E-state index in [9.17, 15) is 9.59 Å². The largest absolute Gasteiger partial charge is 0.489 e. The molecule has 3 aromatic carbocycles. The highest BCUT2D eigenvalue weighted by atomic mass is 16.5. The lowest BCUT2D eigenvalue weighted by Gasteiger charge is -2.22. The first kappa shape index (κ1) is 28.3. The Bertz CT molecular complexity index is 1190. The number of ether oxygens (including phenoxy) is 1. The first-order chi connectivity index (χ1) is 18.9. The van der Waals surface area contributed by atoms with Crippen molar-refractivity contribution in [2.24, 2.45) is 5.73 Å². The Labute approximate surface area is 230 Å². The second-order valence-corrected chi connectivity index (χ2v) is 10.1. The van der Waals surface area contributed by atoms with Crippen LogP contribution in [0, 0.1) is 0 Å². The quantitative estimate of drug-likeness (QED) is 0.324. The summed E-state index contributed by atoms with van der Waals surface area (Å²) in [6.07, 6.45) is 1.30. The number of aliphatic carboxylic acids is 1. The van der Waals surface area contributed by atoms with Crippen LogP contribution < -0.4 is 15.8 Å². The van der Waals surface area contributed by atoms with Crippen LogP contribution in [0.3, 0.4) is 0 Å². The zero-order valence-corrected chi connectivity index (χ0v) is 22.3. The summed E-state index contributed by atoms with van der Waals surface area (Å²) in [4.78, 5) is 27.8. The van der Waals surface area contributed by atoms with Gasteiger partial charge in [-0.1, -0.05) is 54.6 Å². The number of nitrogens with one attached hydrogen (secondary N) is 1. The lowest BCUT2D eigenvalue weighted by molar-refractivity contribution is -0.138. The fraction of sp³-hybridized carbons (Fsp3) is 0.355. The average molecular weight is 531 g/mol. The van der Waals surface area contributed by atoms with Gasteiger partial charge in [-0.15, -0.1) is 0 Å². The minimum absolute atomic E-state index is 0.0751. The van der Waals surface area contributed by atoms with Gasteiger partial charge >= 0.3 is 5.97 Å². The normalized spacial score (nSPS) is 15.3. The molecule has 1 fully saturated rings. The number of amides is 1. The summed E-state index contributed by atoms with van der Waals surface area (Å²) < 4.78 is 5.92. The van der Waals surface area contributed by atoms with Gasteiger partial charge in [0.25, 0.3) is 0 Å². The third-order valence-corrected chi connectivity index (χ3v) is 6.90. The van der Waals surface area contributed by atoms with Crippen molar-refractivity contribution in [1.29, 1.82) is 0 Å². The molecule has 4 N–H and O–H groups in total. The monoisotopic (exact) mass is 530 g/mol. The molecule has 0 spiro atoms. The number of carboxylic acids is 1. The summed E-state index contributed by atoms with van der Waals surface area (Å²) in [5.41, 5.74) is 9.81. The maximum atomic E-state index is 12.1. The average Bonchev–Trinajstić information content (AvgIpc) is 3.17. The van der Waals surface area contributed by atoms with Crippen LogP contribution in [0.1, 0.15) is 36.0 Å². The van der Waals surface area contributed by atoms with Crippen LogP contribution in [-0.2, 0) is 29.3 Å². The van der Waals surface area contributed by atoms with Crippen molar-refractivity contribution < 1.29 is 19.4 Å². The number of rotatable bonds is 12. The van der Waals surface area contributed by atoms with E-state index in [0.29, 0.717) is 12.3 Å². The molecule has 1 heterocycles.